The fourth-order valence-corrected chi connectivity index (χ4v) is 2.00. The largest absolute Gasteiger partial charge is 0.372 e. The maximum Gasteiger partial charge on any atom is 0.221 e. The van der Waals surface area contributed by atoms with Crippen LogP contribution in [-0.4, -0.2) is 17.0 Å². The summed E-state index contributed by atoms with van der Waals surface area (Å²) in [5.41, 5.74) is 7.11. The highest BCUT2D eigenvalue weighted by atomic mass is 35.5. The number of halogens is 2. The van der Waals surface area contributed by atoms with E-state index in [-0.39, 0.29) is 5.95 Å². The number of hydrogen-bond donors (Lipinski definition) is 2. The van der Waals surface area contributed by atoms with Gasteiger partial charge in [0.25, 0.3) is 0 Å². The molecular formula is C11H10Cl2N4. The Morgan fingerprint density at radius 3 is 2.65 bits per heavy atom. The molecule has 0 aliphatic heterocycles. The van der Waals surface area contributed by atoms with Gasteiger partial charge in [-0.2, -0.15) is 4.98 Å². The van der Waals surface area contributed by atoms with E-state index in [9.17, 15) is 0 Å². The highest BCUT2D eigenvalue weighted by molar-refractivity contribution is 6.36. The highest BCUT2D eigenvalue weighted by Crippen LogP contribution is 2.33. The van der Waals surface area contributed by atoms with Crippen LogP contribution in [0.4, 0.5) is 11.8 Å². The lowest BCUT2D eigenvalue weighted by Crippen LogP contribution is -2.01. The van der Waals surface area contributed by atoms with Gasteiger partial charge in [-0.05, 0) is 12.1 Å². The smallest absolute Gasteiger partial charge is 0.221 e. The first kappa shape index (κ1) is 12.0. The summed E-state index contributed by atoms with van der Waals surface area (Å²) in [6, 6.07) is 5.26. The zero-order chi connectivity index (χ0) is 12.4. The molecule has 17 heavy (non-hydrogen) atoms. The van der Waals surface area contributed by atoms with E-state index >= 15 is 0 Å². The van der Waals surface area contributed by atoms with Crippen molar-refractivity contribution in [1.82, 2.24) is 9.97 Å². The third kappa shape index (κ3) is 2.43. The predicted molar refractivity (Wildman–Crippen MR) is 71.4 cm³/mol. The molecule has 1 aromatic heterocycles. The first-order valence-corrected chi connectivity index (χ1v) is 5.63. The minimum atomic E-state index is 0.211. The summed E-state index contributed by atoms with van der Waals surface area (Å²) < 4.78 is 0. The van der Waals surface area contributed by atoms with Gasteiger partial charge in [-0.3, -0.25) is 0 Å². The van der Waals surface area contributed by atoms with E-state index in [1.54, 1.807) is 25.4 Å². The average molecular weight is 269 g/mol. The van der Waals surface area contributed by atoms with Crippen molar-refractivity contribution >= 4 is 35.0 Å². The summed E-state index contributed by atoms with van der Waals surface area (Å²) in [4.78, 5) is 8.06. The topological polar surface area (TPSA) is 63.8 Å². The van der Waals surface area contributed by atoms with Crippen molar-refractivity contribution in [2.75, 3.05) is 18.1 Å². The number of anilines is 2. The molecule has 0 fully saturated rings. The first-order valence-electron chi connectivity index (χ1n) is 4.87. The van der Waals surface area contributed by atoms with Gasteiger partial charge in [0.1, 0.15) is 5.82 Å². The Kier molecular flexibility index (Phi) is 3.36. The van der Waals surface area contributed by atoms with E-state index in [0.717, 1.165) is 11.1 Å². The number of nitrogens with two attached hydrogens (primary N) is 1. The maximum absolute atomic E-state index is 6.13. The van der Waals surface area contributed by atoms with E-state index in [2.05, 4.69) is 15.3 Å². The quantitative estimate of drug-likeness (QED) is 0.879. The van der Waals surface area contributed by atoms with Crippen LogP contribution in [0.3, 0.4) is 0 Å². The van der Waals surface area contributed by atoms with Crippen molar-refractivity contribution in [3.8, 4) is 11.1 Å². The van der Waals surface area contributed by atoms with Gasteiger partial charge in [-0.1, -0.05) is 29.3 Å². The molecule has 2 rings (SSSR count). The molecule has 6 heteroatoms. The van der Waals surface area contributed by atoms with Crippen LogP contribution in [0.1, 0.15) is 0 Å². The van der Waals surface area contributed by atoms with E-state index in [1.165, 1.54) is 0 Å². The lowest BCUT2D eigenvalue weighted by Gasteiger charge is -2.10. The fraction of sp³-hybridized carbons (Fsp3) is 0.0909. The molecular weight excluding hydrogens is 259 g/mol. The molecule has 0 aliphatic carbocycles. The Bertz CT molecular complexity index is 557. The van der Waals surface area contributed by atoms with Gasteiger partial charge in [0.2, 0.25) is 5.95 Å². The van der Waals surface area contributed by atoms with E-state index in [1.807, 2.05) is 6.07 Å². The van der Waals surface area contributed by atoms with Crippen LogP contribution in [0.15, 0.2) is 24.4 Å². The number of benzene rings is 1. The molecule has 0 unspecified atom stereocenters. The van der Waals surface area contributed by atoms with Crippen molar-refractivity contribution in [3.05, 3.63) is 34.4 Å². The number of nitrogens with zero attached hydrogens (tertiary/aromatic N) is 2. The van der Waals surface area contributed by atoms with Crippen LogP contribution in [0.25, 0.3) is 11.1 Å². The van der Waals surface area contributed by atoms with Crippen LogP contribution in [0.2, 0.25) is 10.0 Å². The Morgan fingerprint density at radius 2 is 2.00 bits per heavy atom. The number of nitrogen functional groups attached to an aromatic ring is 1. The van der Waals surface area contributed by atoms with Gasteiger partial charge >= 0.3 is 0 Å². The summed E-state index contributed by atoms with van der Waals surface area (Å²) in [7, 11) is 1.76. The summed E-state index contributed by atoms with van der Waals surface area (Å²) in [5.74, 6) is 0.838. The number of aromatic nitrogens is 2. The fourth-order valence-electron chi connectivity index (χ4n) is 1.49. The zero-order valence-electron chi connectivity index (χ0n) is 9.04. The van der Waals surface area contributed by atoms with Gasteiger partial charge in [0.15, 0.2) is 0 Å². The van der Waals surface area contributed by atoms with Crippen LogP contribution in [0, 0.1) is 0 Å². The molecule has 88 valence electrons. The van der Waals surface area contributed by atoms with Gasteiger partial charge in [-0.25, -0.2) is 4.98 Å². The predicted octanol–water partition coefficient (Wildman–Crippen LogP) is 3.07. The van der Waals surface area contributed by atoms with Crippen LogP contribution in [0.5, 0.6) is 0 Å². The maximum atomic E-state index is 6.13. The molecule has 3 N–H and O–H groups in total. The van der Waals surface area contributed by atoms with E-state index < -0.39 is 0 Å². The highest BCUT2D eigenvalue weighted by Gasteiger charge is 2.10. The molecule has 0 spiro atoms. The molecule has 0 aliphatic rings. The Hall–Kier alpha value is -1.52. The van der Waals surface area contributed by atoms with Crippen LogP contribution >= 0.6 is 23.2 Å². The summed E-state index contributed by atoms with van der Waals surface area (Å²) in [6.45, 7) is 0. The zero-order valence-corrected chi connectivity index (χ0v) is 10.5. The molecule has 2 aromatic rings. The third-order valence-electron chi connectivity index (χ3n) is 2.27. The molecule has 0 bridgehead atoms. The second-order valence-electron chi connectivity index (χ2n) is 3.36. The SMILES string of the molecule is CNc1nc(N)ncc1-c1ccc(Cl)cc1Cl. The van der Waals surface area contributed by atoms with Crippen molar-refractivity contribution in [3.63, 3.8) is 0 Å². The number of nitrogens with one attached hydrogen (secondary N) is 1. The average Bonchev–Trinajstić information content (AvgIpc) is 2.30. The normalized spacial score (nSPS) is 10.3. The summed E-state index contributed by atoms with van der Waals surface area (Å²) >= 11 is 12.0. The molecule has 0 radical (unpaired) electrons. The van der Waals surface area contributed by atoms with E-state index in [4.69, 9.17) is 28.9 Å². The lowest BCUT2D eigenvalue weighted by atomic mass is 10.1. The van der Waals surface area contributed by atoms with Crippen molar-refractivity contribution in [1.29, 1.82) is 0 Å². The van der Waals surface area contributed by atoms with Crippen LogP contribution < -0.4 is 11.1 Å². The molecule has 4 nitrogen and oxygen atoms in total. The minimum absolute atomic E-state index is 0.211. The second-order valence-corrected chi connectivity index (χ2v) is 4.21. The lowest BCUT2D eigenvalue weighted by molar-refractivity contribution is 1.18. The van der Waals surface area contributed by atoms with Gasteiger partial charge in [0, 0.05) is 29.4 Å². The van der Waals surface area contributed by atoms with Gasteiger partial charge in [0.05, 0.1) is 5.02 Å². The first-order chi connectivity index (χ1) is 8.11. The van der Waals surface area contributed by atoms with Gasteiger partial charge < -0.3 is 11.1 Å². The Morgan fingerprint density at radius 1 is 1.24 bits per heavy atom. The molecule has 0 saturated heterocycles. The molecule has 0 amide bonds. The Balaban J connectivity index is 2.60. The van der Waals surface area contributed by atoms with Gasteiger partial charge in [-0.15, -0.1) is 0 Å². The van der Waals surface area contributed by atoms with Crippen molar-refractivity contribution in [2.24, 2.45) is 0 Å². The third-order valence-corrected chi connectivity index (χ3v) is 2.81. The number of rotatable bonds is 2. The summed E-state index contributed by atoms with van der Waals surface area (Å²) in [6.07, 6.45) is 1.63. The van der Waals surface area contributed by atoms with Crippen LogP contribution in [-0.2, 0) is 0 Å². The standard InChI is InChI=1S/C11H10Cl2N4/c1-15-10-8(5-16-11(14)17-10)7-3-2-6(12)4-9(7)13/h2-5H,1H3,(H3,14,15,16,17). The molecule has 1 aromatic carbocycles. The molecule has 0 atom stereocenters. The molecule has 1 heterocycles. The summed E-state index contributed by atoms with van der Waals surface area (Å²) in [5, 5.41) is 4.08. The number of hydrogen-bond acceptors (Lipinski definition) is 4. The second kappa shape index (κ2) is 4.77. The van der Waals surface area contributed by atoms with Crippen molar-refractivity contribution < 1.29 is 0 Å². The Labute approximate surface area is 109 Å². The van der Waals surface area contributed by atoms with Crippen molar-refractivity contribution in [2.45, 2.75) is 0 Å². The monoisotopic (exact) mass is 268 g/mol. The molecule has 0 saturated carbocycles. The minimum Gasteiger partial charge on any atom is -0.372 e. The van der Waals surface area contributed by atoms with E-state index in [0.29, 0.717) is 15.9 Å².